The molecule has 5 heteroatoms. The topological polar surface area (TPSA) is 52.7 Å². The van der Waals surface area contributed by atoms with Gasteiger partial charge in [0, 0.05) is 13.6 Å². The lowest BCUT2D eigenvalue weighted by atomic mass is 9.91. The Kier molecular flexibility index (Phi) is 4.22. The predicted molar refractivity (Wildman–Crippen MR) is 104 cm³/mol. The molecule has 0 saturated carbocycles. The van der Waals surface area contributed by atoms with Gasteiger partial charge in [-0.1, -0.05) is 54.1 Å². The van der Waals surface area contributed by atoms with Gasteiger partial charge in [0.1, 0.15) is 0 Å². The fraction of sp³-hybridized carbons (Fsp3) is 0.273. The van der Waals surface area contributed by atoms with Gasteiger partial charge in [0.2, 0.25) is 0 Å². The van der Waals surface area contributed by atoms with Crippen molar-refractivity contribution < 1.29 is 9.59 Å². The number of rotatable bonds is 3. The second kappa shape index (κ2) is 6.58. The molecule has 1 N–H and O–H groups in total. The molecule has 27 heavy (non-hydrogen) atoms. The van der Waals surface area contributed by atoms with Crippen LogP contribution in [0.4, 0.5) is 4.79 Å². The zero-order valence-electron chi connectivity index (χ0n) is 15.8. The van der Waals surface area contributed by atoms with Crippen molar-refractivity contribution in [2.24, 2.45) is 0 Å². The molecule has 3 amide bonds. The summed E-state index contributed by atoms with van der Waals surface area (Å²) in [5.41, 5.74) is 5.77. The van der Waals surface area contributed by atoms with Crippen molar-refractivity contribution in [3.05, 3.63) is 82.1 Å². The minimum atomic E-state index is -0.405. The molecule has 2 heterocycles. The second-order valence-electron chi connectivity index (χ2n) is 7.31. The fourth-order valence-corrected chi connectivity index (χ4v) is 3.94. The predicted octanol–water partition coefficient (Wildman–Crippen LogP) is 3.30. The van der Waals surface area contributed by atoms with E-state index in [1.165, 1.54) is 0 Å². The van der Waals surface area contributed by atoms with Gasteiger partial charge in [0.05, 0.1) is 23.9 Å². The summed E-state index contributed by atoms with van der Waals surface area (Å²) in [7, 11) is 1.72. The van der Waals surface area contributed by atoms with Crippen LogP contribution in [0.2, 0.25) is 0 Å². The number of urea groups is 1. The van der Waals surface area contributed by atoms with Crippen LogP contribution in [-0.2, 0) is 11.3 Å². The van der Waals surface area contributed by atoms with E-state index in [0.717, 1.165) is 28.0 Å². The summed E-state index contributed by atoms with van der Waals surface area (Å²) in [6.45, 7) is 5.05. The highest BCUT2D eigenvalue weighted by Gasteiger charge is 2.43. The van der Waals surface area contributed by atoms with Crippen LogP contribution in [-0.4, -0.2) is 35.3 Å². The molecule has 0 radical (unpaired) electrons. The highest BCUT2D eigenvalue weighted by atomic mass is 16.2. The summed E-state index contributed by atoms with van der Waals surface area (Å²) in [4.78, 5) is 29.2. The van der Waals surface area contributed by atoms with Gasteiger partial charge in [-0.3, -0.25) is 9.69 Å². The van der Waals surface area contributed by atoms with E-state index in [4.69, 9.17) is 0 Å². The molecule has 0 saturated heterocycles. The molecule has 0 aliphatic carbocycles. The maximum atomic E-state index is 13.2. The summed E-state index contributed by atoms with van der Waals surface area (Å²) >= 11 is 0. The van der Waals surface area contributed by atoms with Crippen LogP contribution in [0.15, 0.2) is 59.8 Å². The number of nitrogens with zero attached hydrogens (tertiary/aromatic N) is 2. The maximum Gasteiger partial charge on any atom is 0.322 e. The van der Waals surface area contributed by atoms with Gasteiger partial charge in [0.25, 0.3) is 5.91 Å². The fourth-order valence-electron chi connectivity index (χ4n) is 3.94. The Morgan fingerprint density at radius 1 is 1.07 bits per heavy atom. The molecule has 2 aromatic carbocycles. The Hall–Kier alpha value is -3.08. The number of nitrogens with one attached hydrogen (secondary N) is 1. The van der Waals surface area contributed by atoms with Crippen LogP contribution in [0.5, 0.6) is 0 Å². The lowest BCUT2D eigenvalue weighted by Crippen LogP contribution is -2.45. The third-order valence-electron chi connectivity index (χ3n) is 5.39. The number of likely N-dealkylation sites (N-methyl/N-ethyl adjacent to an activating group) is 1. The van der Waals surface area contributed by atoms with Gasteiger partial charge in [-0.05, 0) is 30.5 Å². The lowest BCUT2D eigenvalue weighted by molar-refractivity contribution is -0.126. The van der Waals surface area contributed by atoms with E-state index in [-0.39, 0.29) is 11.9 Å². The van der Waals surface area contributed by atoms with Gasteiger partial charge in [-0.15, -0.1) is 0 Å². The first-order valence-corrected chi connectivity index (χ1v) is 9.13. The third kappa shape index (κ3) is 2.99. The molecular formula is C22H23N3O2. The largest absolute Gasteiger partial charge is 0.329 e. The molecule has 1 atom stereocenters. The van der Waals surface area contributed by atoms with Crippen molar-refractivity contribution in [3.8, 4) is 0 Å². The van der Waals surface area contributed by atoms with Gasteiger partial charge < -0.3 is 10.2 Å². The third-order valence-corrected chi connectivity index (χ3v) is 5.39. The average Bonchev–Trinajstić information content (AvgIpc) is 2.96. The zero-order chi connectivity index (χ0) is 19.1. The van der Waals surface area contributed by atoms with Crippen molar-refractivity contribution in [1.29, 1.82) is 0 Å². The number of carbonyl (C=O) groups is 2. The van der Waals surface area contributed by atoms with Crippen LogP contribution in [0.3, 0.4) is 0 Å². The maximum absolute atomic E-state index is 13.2. The van der Waals surface area contributed by atoms with Gasteiger partial charge in [0.15, 0.2) is 0 Å². The Morgan fingerprint density at radius 3 is 2.52 bits per heavy atom. The molecule has 5 nitrogen and oxygen atoms in total. The lowest BCUT2D eigenvalue weighted by Gasteiger charge is -2.31. The summed E-state index contributed by atoms with van der Waals surface area (Å²) in [5.74, 6) is -0.00863. The molecule has 0 bridgehead atoms. The number of benzene rings is 2. The molecule has 0 spiro atoms. The minimum absolute atomic E-state index is 0.00863. The summed E-state index contributed by atoms with van der Waals surface area (Å²) < 4.78 is 0. The van der Waals surface area contributed by atoms with Crippen LogP contribution in [0.25, 0.3) is 0 Å². The van der Waals surface area contributed by atoms with Crippen LogP contribution in [0, 0.1) is 13.8 Å². The highest BCUT2D eigenvalue weighted by Crippen LogP contribution is 2.37. The smallest absolute Gasteiger partial charge is 0.322 e. The minimum Gasteiger partial charge on any atom is -0.329 e. The molecular weight excluding hydrogens is 338 g/mol. The molecule has 2 aliphatic rings. The second-order valence-corrected chi connectivity index (χ2v) is 7.31. The molecule has 2 aromatic rings. The Morgan fingerprint density at radius 2 is 1.81 bits per heavy atom. The highest BCUT2D eigenvalue weighted by molar-refractivity contribution is 6.01. The molecule has 138 valence electrons. The SMILES string of the molecule is Cc1ccc([C@H]2NC(=O)N(C)C3=C2C(=O)N(Cc2ccccc2)C3)c(C)c1. The zero-order valence-corrected chi connectivity index (χ0v) is 15.8. The van der Waals surface area contributed by atoms with E-state index >= 15 is 0 Å². The first-order valence-electron chi connectivity index (χ1n) is 9.13. The Labute approximate surface area is 159 Å². The van der Waals surface area contributed by atoms with Crippen molar-refractivity contribution in [2.75, 3.05) is 13.6 Å². The normalized spacial score (nSPS) is 19.4. The van der Waals surface area contributed by atoms with Gasteiger partial charge in [-0.2, -0.15) is 0 Å². The number of hydrogen-bond acceptors (Lipinski definition) is 2. The number of hydrogen-bond donors (Lipinski definition) is 1. The van der Waals surface area contributed by atoms with E-state index in [9.17, 15) is 9.59 Å². The van der Waals surface area contributed by atoms with E-state index in [2.05, 4.69) is 11.4 Å². The molecule has 4 rings (SSSR count). The van der Waals surface area contributed by atoms with Crippen molar-refractivity contribution in [1.82, 2.24) is 15.1 Å². The van der Waals surface area contributed by atoms with Crippen molar-refractivity contribution >= 4 is 11.9 Å². The average molecular weight is 361 g/mol. The summed E-state index contributed by atoms with van der Waals surface area (Å²) in [6, 6.07) is 15.5. The van der Waals surface area contributed by atoms with Crippen molar-refractivity contribution in [2.45, 2.75) is 26.4 Å². The van der Waals surface area contributed by atoms with E-state index < -0.39 is 6.04 Å². The van der Waals surface area contributed by atoms with Crippen LogP contribution in [0.1, 0.15) is 28.3 Å². The van der Waals surface area contributed by atoms with Crippen LogP contribution < -0.4 is 5.32 Å². The quantitative estimate of drug-likeness (QED) is 0.912. The van der Waals surface area contributed by atoms with Crippen molar-refractivity contribution in [3.63, 3.8) is 0 Å². The van der Waals surface area contributed by atoms with E-state index in [0.29, 0.717) is 18.7 Å². The number of amides is 3. The molecule has 0 fully saturated rings. The summed E-state index contributed by atoms with van der Waals surface area (Å²) in [6.07, 6.45) is 0. The monoisotopic (exact) mass is 361 g/mol. The summed E-state index contributed by atoms with van der Waals surface area (Å²) in [5, 5.41) is 3.01. The Balaban J connectivity index is 1.71. The molecule has 2 aliphatic heterocycles. The standard InChI is InChI=1S/C22H23N3O2/c1-14-9-10-17(15(2)11-14)20-19-18(24(3)22(27)23-20)13-25(21(19)26)12-16-7-5-4-6-8-16/h4-11,20H,12-13H2,1-3H3,(H,23,27)/t20-/m1/s1. The van der Waals surface area contributed by atoms with E-state index in [1.807, 2.05) is 61.2 Å². The first-order chi connectivity index (χ1) is 13.0. The van der Waals surface area contributed by atoms with Crippen LogP contribution >= 0.6 is 0 Å². The van der Waals surface area contributed by atoms with Gasteiger partial charge >= 0.3 is 6.03 Å². The molecule has 0 aromatic heterocycles. The molecule has 0 unspecified atom stereocenters. The first kappa shape index (κ1) is 17.3. The van der Waals surface area contributed by atoms with E-state index in [1.54, 1.807) is 11.9 Å². The Bertz CT molecular complexity index is 949. The number of carbonyl (C=O) groups excluding carboxylic acids is 2. The number of aryl methyl sites for hydroxylation is 2. The van der Waals surface area contributed by atoms with Gasteiger partial charge in [-0.25, -0.2) is 4.79 Å².